The van der Waals surface area contributed by atoms with Gasteiger partial charge in [0.1, 0.15) is 19.0 Å². The van der Waals surface area contributed by atoms with E-state index in [0.717, 1.165) is 11.3 Å². The molecule has 0 spiro atoms. The molecule has 0 aromatic heterocycles. The quantitative estimate of drug-likeness (QED) is 0.910. The number of hydrogen-bond acceptors (Lipinski definition) is 4. The van der Waals surface area contributed by atoms with Crippen molar-refractivity contribution in [3.8, 4) is 11.5 Å². The van der Waals surface area contributed by atoms with E-state index < -0.39 is 0 Å². The summed E-state index contributed by atoms with van der Waals surface area (Å²) in [7, 11) is 0. The van der Waals surface area contributed by atoms with E-state index in [-0.39, 0.29) is 18.3 Å². The Kier molecular flexibility index (Phi) is 4.32. The monoisotopic (exact) mass is 316 g/mol. The highest BCUT2D eigenvalue weighted by atomic mass is 19.1. The van der Waals surface area contributed by atoms with Crippen molar-refractivity contribution < 1.29 is 18.7 Å². The molecule has 23 heavy (non-hydrogen) atoms. The normalized spacial score (nSPS) is 12.6. The zero-order valence-electron chi connectivity index (χ0n) is 12.7. The van der Waals surface area contributed by atoms with Crippen LogP contribution in [0.3, 0.4) is 0 Å². The number of halogens is 1. The van der Waals surface area contributed by atoms with Crippen molar-refractivity contribution in [3.05, 3.63) is 47.8 Å². The minimum atomic E-state index is -0.297. The Labute approximate surface area is 133 Å². The van der Waals surface area contributed by atoms with Crippen LogP contribution in [0.15, 0.2) is 36.4 Å². The first-order chi connectivity index (χ1) is 11.1. The fraction of sp³-hybridized carbons (Fsp3) is 0.235. The number of fused-ring (bicyclic) bond motifs is 1. The van der Waals surface area contributed by atoms with E-state index in [0.29, 0.717) is 30.4 Å². The molecule has 6 heteroatoms. The first-order valence-corrected chi connectivity index (χ1v) is 7.31. The van der Waals surface area contributed by atoms with Crippen LogP contribution in [0, 0.1) is 12.7 Å². The van der Waals surface area contributed by atoms with Gasteiger partial charge in [-0.3, -0.25) is 4.79 Å². The van der Waals surface area contributed by atoms with E-state index in [1.54, 1.807) is 31.2 Å². The summed E-state index contributed by atoms with van der Waals surface area (Å²) in [5, 5.41) is 5.77. The van der Waals surface area contributed by atoms with E-state index in [1.165, 1.54) is 12.1 Å². The molecule has 0 fully saturated rings. The van der Waals surface area contributed by atoms with Gasteiger partial charge < -0.3 is 20.1 Å². The lowest BCUT2D eigenvalue weighted by Gasteiger charge is -2.19. The van der Waals surface area contributed by atoms with Crippen molar-refractivity contribution in [2.75, 3.05) is 30.4 Å². The van der Waals surface area contributed by atoms with Crippen LogP contribution in [0.1, 0.15) is 5.56 Å². The molecule has 0 atom stereocenters. The maximum atomic E-state index is 13.0. The van der Waals surface area contributed by atoms with Crippen molar-refractivity contribution in [1.82, 2.24) is 0 Å². The molecule has 1 amide bonds. The summed E-state index contributed by atoms with van der Waals surface area (Å²) in [6.07, 6.45) is 0. The first-order valence-electron chi connectivity index (χ1n) is 7.31. The number of carbonyl (C=O) groups excluding carboxylic acids is 1. The average Bonchev–Trinajstić information content (AvgIpc) is 2.54. The number of benzene rings is 2. The molecule has 0 aliphatic carbocycles. The Morgan fingerprint density at radius 2 is 1.91 bits per heavy atom. The van der Waals surface area contributed by atoms with Gasteiger partial charge in [-0.1, -0.05) is 0 Å². The summed E-state index contributed by atoms with van der Waals surface area (Å²) in [4.78, 5) is 12.0. The van der Waals surface area contributed by atoms with Crippen molar-refractivity contribution >= 4 is 17.3 Å². The summed E-state index contributed by atoms with van der Waals surface area (Å²) in [5.41, 5.74) is 2.11. The highest BCUT2D eigenvalue weighted by Gasteiger charge is 2.12. The summed E-state index contributed by atoms with van der Waals surface area (Å²) < 4.78 is 23.9. The lowest BCUT2D eigenvalue weighted by molar-refractivity contribution is -0.114. The second kappa shape index (κ2) is 6.56. The molecule has 0 unspecified atom stereocenters. The van der Waals surface area contributed by atoms with Gasteiger partial charge in [0, 0.05) is 17.4 Å². The molecule has 2 aromatic rings. The van der Waals surface area contributed by atoms with Crippen LogP contribution in [0.2, 0.25) is 0 Å². The Morgan fingerprint density at radius 3 is 2.70 bits per heavy atom. The molecule has 120 valence electrons. The van der Waals surface area contributed by atoms with Crippen molar-refractivity contribution in [1.29, 1.82) is 0 Å². The average molecular weight is 316 g/mol. The Bertz CT molecular complexity index is 734. The lowest BCUT2D eigenvalue weighted by Crippen LogP contribution is -2.22. The number of rotatable bonds is 4. The topological polar surface area (TPSA) is 59.6 Å². The van der Waals surface area contributed by atoms with Gasteiger partial charge in [-0.25, -0.2) is 4.39 Å². The third-order valence-electron chi connectivity index (χ3n) is 3.45. The van der Waals surface area contributed by atoms with Crippen LogP contribution < -0.4 is 20.1 Å². The fourth-order valence-corrected chi connectivity index (χ4v) is 2.33. The molecule has 0 radical (unpaired) electrons. The van der Waals surface area contributed by atoms with Gasteiger partial charge in [-0.2, -0.15) is 0 Å². The van der Waals surface area contributed by atoms with E-state index in [1.807, 2.05) is 0 Å². The molecule has 0 saturated carbocycles. The van der Waals surface area contributed by atoms with Crippen LogP contribution in [-0.2, 0) is 4.79 Å². The highest BCUT2D eigenvalue weighted by molar-refractivity contribution is 5.94. The van der Waals surface area contributed by atoms with Gasteiger partial charge in [0.05, 0.1) is 6.54 Å². The van der Waals surface area contributed by atoms with Gasteiger partial charge in [0.25, 0.3) is 0 Å². The molecule has 3 rings (SSSR count). The first kappa shape index (κ1) is 15.1. The molecule has 0 bridgehead atoms. The number of carbonyl (C=O) groups is 1. The van der Waals surface area contributed by atoms with Crippen LogP contribution in [-0.4, -0.2) is 25.7 Å². The lowest BCUT2D eigenvalue weighted by atomic mass is 10.2. The van der Waals surface area contributed by atoms with Gasteiger partial charge in [0.2, 0.25) is 5.91 Å². The van der Waals surface area contributed by atoms with Gasteiger partial charge in [0.15, 0.2) is 11.5 Å². The number of aryl methyl sites for hydroxylation is 1. The van der Waals surface area contributed by atoms with E-state index >= 15 is 0 Å². The van der Waals surface area contributed by atoms with Crippen LogP contribution in [0.4, 0.5) is 15.8 Å². The summed E-state index contributed by atoms with van der Waals surface area (Å²) in [6, 6.07) is 9.64. The van der Waals surface area contributed by atoms with Gasteiger partial charge >= 0.3 is 0 Å². The number of nitrogens with one attached hydrogen (secondary N) is 2. The van der Waals surface area contributed by atoms with Gasteiger partial charge in [-0.05, 0) is 42.8 Å². The molecule has 1 aliphatic rings. The molecular formula is C17H17FN2O3. The second-order valence-corrected chi connectivity index (χ2v) is 5.22. The third kappa shape index (κ3) is 3.71. The Hall–Kier alpha value is -2.76. The van der Waals surface area contributed by atoms with E-state index in [2.05, 4.69) is 10.6 Å². The zero-order valence-corrected chi connectivity index (χ0v) is 12.7. The molecule has 5 nitrogen and oxygen atoms in total. The largest absolute Gasteiger partial charge is 0.486 e. The minimum absolute atomic E-state index is 0.0842. The molecule has 2 N–H and O–H groups in total. The van der Waals surface area contributed by atoms with E-state index in [9.17, 15) is 9.18 Å². The van der Waals surface area contributed by atoms with Crippen molar-refractivity contribution in [2.24, 2.45) is 0 Å². The second-order valence-electron chi connectivity index (χ2n) is 5.22. The van der Waals surface area contributed by atoms with Gasteiger partial charge in [-0.15, -0.1) is 0 Å². The van der Waals surface area contributed by atoms with Crippen LogP contribution in [0.5, 0.6) is 11.5 Å². The molecule has 0 saturated heterocycles. The number of hydrogen-bond donors (Lipinski definition) is 2. The van der Waals surface area contributed by atoms with Crippen LogP contribution >= 0.6 is 0 Å². The van der Waals surface area contributed by atoms with Crippen molar-refractivity contribution in [2.45, 2.75) is 6.92 Å². The van der Waals surface area contributed by atoms with Crippen LogP contribution in [0.25, 0.3) is 0 Å². The molecule has 1 heterocycles. The van der Waals surface area contributed by atoms with Crippen molar-refractivity contribution in [3.63, 3.8) is 0 Å². The summed E-state index contributed by atoms with van der Waals surface area (Å²) in [5.74, 6) is 0.796. The Balaban J connectivity index is 1.59. The predicted octanol–water partition coefficient (Wildman–Crippen LogP) is 2.96. The molecule has 1 aliphatic heterocycles. The maximum Gasteiger partial charge on any atom is 0.243 e. The number of anilines is 2. The summed E-state index contributed by atoms with van der Waals surface area (Å²) in [6.45, 7) is 2.89. The molecular weight excluding hydrogens is 299 g/mol. The highest BCUT2D eigenvalue weighted by Crippen LogP contribution is 2.32. The smallest absolute Gasteiger partial charge is 0.243 e. The molecule has 2 aromatic carbocycles. The third-order valence-corrected chi connectivity index (χ3v) is 3.45. The fourth-order valence-electron chi connectivity index (χ4n) is 2.33. The maximum absolute atomic E-state index is 13.0. The zero-order chi connectivity index (χ0) is 16.2. The summed E-state index contributed by atoms with van der Waals surface area (Å²) >= 11 is 0. The SMILES string of the molecule is Cc1cc(F)ccc1NCC(=O)Nc1ccc2c(c1)OCCO2. The standard InChI is InChI=1S/C17H17FN2O3/c1-11-8-12(18)2-4-14(11)19-10-17(21)20-13-3-5-15-16(9-13)23-7-6-22-15/h2-5,8-9,19H,6-7,10H2,1H3,(H,20,21). The predicted molar refractivity (Wildman–Crippen MR) is 85.7 cm³/mol. The Morgan fingerprint density at radius 1 is 1.13 bits per heavy atom. The number of amides is 1. The number of ether oxygens (including phenoxy) is 2. The van der Waals surface area contributed by atoms with E-state index in [4.69, 9.17) is 9.47 Å². The minimum Gasteiger partial charge on any atom is -0.486 e.